The van der Waals surface area contributed by atoms with E-state index < -0.39 is 6.10 Å². The van der Waals surface area contributed by atoms with Gasteiger partial charge in [-0.15, -0.1) is 11.3 Å². The number of nitrogens with one attached hydrogen (secondary N) is 3. The first-order valence-electron chi connectivity index (χ1n) is 10.3. The summed E-state index contributed by atoms with van der Waals surface area (Å²) in [6.07, 6.45) is -0.316. The van der Waals surface area contributed by atoms with Crippen molar-refractivity contribution >= 4 is 45.7 Å². The minimum atomic E-state index is -0.693. The lowest BCUT2D eigenvalue weighted by Gasteiger charge is -2.11. The number of aliphatic hydroxyl groups is 1. The number of benzene rings is 2. The Balaban J connectivity index is 1.43. The third-order valence-electron chi connectivity index (χ3n) is 5.21. The number of hydrogen-bond acceptors (Lipinski definition) is 6. The van der Waals surface area contributed by atoms with Crippen LogP contribution in [0.2, 0.25) is 5.02 Å². The molecule has 0 unspecified atom stereocenters. The molecule has 0 radical (unpaired) electrons. The number of aryl methyl sites for hydroxylation is 1. The lowest BCUT2D eigenvalue weighted by Crippen LogP contribution is -2.25. The van der Waals surface area contributed by atoms with Gasteiger partial charge < -0.3 is 15.7 Å². The van der Waals surface area contributed by atoms with Crippen LogP contribution >= 0.6 is 22.9 Å². The van der Waals surface area contributed by atoms with Gasteiger partial charge in [-0.1, -0.05) is 29.8 Å². The number of rotatable bonds is 7. The molecular formula is C23H22ClN5O3S. The van der Waals surface area contributed by atoms with Gasteiger partial charge in [0.05, 0.1) is 17.3 Å². The fourth-order valence-electron chi connectivity index (χ4n) is 3.43. The zero-order chi connectivity index (χ0) is 23.5. The fourth-order valence-corrected chi connectivity index (χ4v) is 4.53. The van der Waals surface area contributed by atoms with E-state index in [2.05, 4.69) is 25.8 Å². The summed E-state index contributed by atoms with van der Waals surface area (Å²) in [5.41, 5.74) is 3.23. The molecule has 0 bridgehead atoms. The number of carbonyl (C=O) groups excluding carboxylic acids is 2. The maximum absolute atomic E-state index is 12.7. The first kappa shape index (κ1) is 22.9. The van der Waals surface area contributed by atoms with E-state index in [0.717, 1.165) is 11.1 Å². The molecule has 2 aromatic heterocycles. The molecule has 8 nitrogen and oxygen atoms in total. The van der Waals surface area contributed by atoms with Crippen LogP contribution in [0.1, 0.15) is 43.9 Å². The van der Waals surface area contributed by atoms with Gasteiger partial charge in [-0.25, -0.2) is 4.98 Å². The molecule has 0 aliphatic carbocycles. The number of hydrogen-bond donors (Lipinski definition) is 4. The second kappa shape index (κ2) is 9.70. The number of aromatic nitrogens is 3. The van der Waals surface area contributed by atoms with Crippen LogP contribution in [0, 0.1) is 6.92 Å². The van der Waals surface area contributed by atoms with Gasteiger partial charge in [-0.2, -0.15) is 5.10 Å². The summed E-state index contributed by atoms with van der Waals surface area (Å²) in [5, 5.41) is 24.7. The molecule has 1 atom stereocenters. The number of nitrogens with zero attached hydrogens (tertiary/aromatic N) is 2. The molecule has 0 aliphatic rings. The highest BCUT2D eigenvalue weighted by Crippen LogP contribution is 2.30. The number of carbonyl (C=O) groups is 2. The van der Waals surface area contributed by atoms with Crippen LogP contribution in [0.4, 0.5) is 0 Å². The second-order valence-electron chi connectivity index (χ2n) is 7.46. The fraction of sp³-hybridized carbons (Fsp3) is 0.217. The Morgan fingerprint density at radius 2 is 1.94 bits per heavy atom. The molecular weight excluding hydrogens is 462 g/mol. The molecule has 0 spiro atoms. The maximum atomic E-state index is 12.7. The van der Waals surface area contributed by atoms with Gasteiger partial charge in [0.25, 0.3) is 11.8 Å². The van der Waals surface area contributed by atoms with E-state index >= 15 is 0 Å². The van der Waals surface area contributed by atoms with Gasteiger partial charge in [-0.05, 0) is 43.2 Å². The van der Waals surface area contributed by atoms with Crippen LogP contribution in [0.25, 0.3) is 21.5 Å². The first-order valence-corrected chi connectivity index (χ1v) is 11.5. The number of halogens is 1. The number of fused-ring (bicyclic) bond motifs is 1. The van der Waals surface area contributed by atoms with Crippen molar-refractivity contribution in [1.82, 2.24) is 25.8 Å². The molecule has 2 aromatic carbocycles. The largest absolute Gasteiger partial charge is 0.388 e. The van der Waals surface area contributed by atoms with E-state index in [9.17, 15) is 14.7 Å². The molecule has 0 aliphatic heterocycles. The molecule has 2 heterocycles. The topological polar surface area (TPSA) is 120 Å². The van der Waals surface area contributed by atoms with Crippen LogP contribution in [0.3, 0.4) is 0 Å². The Morgan fingerprint density at radius 3 is 2.67 bits per heavy atom. The van der Waals surface area contributed by atoms with E-state index in [1.807, 2.05) is 18.2 Å². The average molecular weight is 484 g/mol. The van der Waals surface area contributed by atoms with Gasteiger partial charge >= 0.3 is 0 Å². The summed E-state index contributed by atoms with van der Waals surface area (Å²) in [6.45, 7) is 2.10. The van der Waals surface area contributed by atoms with Gasteiger partial charge in [0.1, 0.15) is 9.88 Å². The van der Waals surface area contributed by atoms with Crippen molar-refractivity contribution in [1.29, 1.82) is 0 Å². The quantitative estimate of drug-likeness (QED) is 0.318. The molecule has 0 fully saturated rings. The van der Waals surface area contributed by atoms with Gasteiger partial charge in [0.15, 0.2) is 5.69 Å². The Hall–Kier alpha value is -3.27. The van der Waals surface area contributed by atoms with Crippen LogP contribution in [-0.2, 0) is 0 Å². The Morgan fingerprint density at radius 1 is 1.18 bits per heavy atom. The Kier molecular flexibility index (Phi) is 6.73. The number of thiazole rings is 1. The van der Waals surface area contributed by atoms with E-state index in [1.165, 1.54) is 11.3 Å². The van der Waals surface area contributed by atoms with Crippen molar-refractivity contribution in [3.63, 3.8) is 0 Å². The first-order chi connectivity index (χ1) is 15.9. The highest BCUT2D eigenvalue weighted by Gasteiger charge is 2.18. The van der Waals surface area contributed by atoms with Crippen molar-refractivity contribution in [2.45, 2.75) is 19.4 Å². The Labute approximate surface area is 199 Å². The average Bonchev–Trinajstić information content (AvgIpc) is 3.42. The summed E-state index contributed by atoms with van der Waals surface area (Å²) in [5.74, 6) is -0.497. The predicted molar refractivity (Wildman–Crippen MR) is 129 cm³/mol. The monoisotopic (exact) mass is 483 g/mol. The van der Waals surface area contributed by atoms with E-state index in [-0.39, 0.29) is 11.8 Å². The van der Waals surface area contributed by atoms with Crippen molar-refractivity contribution < 1.29 is 14.7 Å². The van der Waals surface area contributed by atoms with Crippen molar-refractivity contribution in [3.05, 3.63) is 69.3 Å². The third kappa shape index (κ3) is 4.90. The normalized spacial score (nSPS) is 12.0. The van der Waals surface area contributed by atoms with Gasteiger partial charge in [0.2, 0.25) is 0 Å². The Bertz CT molecular complexity index is 1320. The molecule has 4 aromatic rings. The predicted octanol–water partition coefficient (Wildman–Crippen LogP) is 3.86. The van der Waals surface area contributed by atoms with Crippen LogP contribution in [-0.4, -0.2) is 45.7 Å². The van der Waals surface area contributed by atoms with E-state index in [4.69, 9.17) is 11.6 Å². The lowest BCUT2D eigenvalue weighted by molar-refractivity contribution is 0.0941. The minimum Gasteiger partial charge on any atom is -0.388 e. The number of amides is 2. The number of aromatic amines is 1. The number of H-pyrrole nitrogens is 1. The van der Waals surface area contributed by atoms with Crippen molar-refractivity contribution in [2.75, 3.05) is 13.6 Å². The number of aliphatic hydroxyl groups excluding tert-OH is 1. The van der Waals surface area contributed by atoms with Crippen LogP contribution in [0.15, 0.2) is 42.5 Å². The van der Waals surface area contributed by atoms with Crippen LogP contribution in [0.5, 0.6) is 0 Å². The summed E-state index contributed by atoms with van der Waals surface area (Å²) in [7, 11) is 1.56. The lowest BCUT2D eigenvalue weighted by atomic mass is 10.1. The van der Waals surface area contributed by atoms with Gasteiger partial charge in [0, 0.05) is 29.6 Å². The standard InChI is InChI=1S/C23H22ClN5O3S/c1-12-20(22(32)26-10-9-18(30)13-3-6-15(24)7-4-13)33-23(27-12)14-5-8-16-17(11-14)28-29-19(16)21(31)25-2/h3-8,11,18,30H,9-10H2,1-2H3,(H,25,31)(H,26,32)(H,28,29)/t18-/m0/s1. The highest BCUT2D eigenvalue weighted by atomic mass is 35.5. The molecule has 170 valence electrons. The highest BCUT2D eigenvalue weighted by molar-refractivity contribution is 7.17. The summed E-state index contributed by atoms with van der Waals surface area (Å²) in [4.78, 5) is 29.7. The zero-order valence-corrected chi connectivity index (χ0v) is 19.5. The molecule has 4 N–H and O–H groups in total. The smallest absolute Gasteiger partial charge is 0.272 e. The van der Waals surface area contributed by atoms with Gasteiger partial charge in [-0.3, -0.25) is 14.7 Å². The molecule has 2 amide bonds. The molecule has 33 heavy (non-hydrogen) atoms. The minimum absolute atomic E-state index is 0.232. The summed E-state index contributed by atoms with van der Waals surface area (Å²) < 4.78 is 0. The molecule has 0 saturated heterocycles. The van der Waals surface area contributed by atoms with E-state index in [1.54, 1.807) is 38.2 Å². The summed E-state index contributed by atoms with van der Waals surface area (Å²) >= 11 is 7.16. The molecule has 10 heteroatoms. The SMILES string of the molecule is CNC(=O)c1n[nH]c2cc(-c3nc(C)c(C(=O)NCC[C@H](O)c4ccc(Cl)cc4)s3)ccc12. The summed E-state index contributed by atoms with van der Waals surface area (Å²) in [6, 6.07) is 12.5. The van der Waals surface area contributed by atoms with Crippen molar-refractivity contribution in [3.8, 4) is 10.6 Å². The molecule has 4 rings (SSSR count). The second-order valence-corrected chi connectivity index (χ2v) is 8.89. The zero-order valence-electron chi connectivity index (χ0n) is 18.0. The third-order valence-corrected chi connectivity index (χ3v) is 6.67. The maximum Gasteiger partial charge on any atom is 0.272 e. The van der Waals surface area contributed by atoms with Crippen LogP contribution < -0.4 is 10.6 Å². The molecule has 0 saturated carbocycles. The van der Waals surface area contributed by atoms with Crippen molar-refractivity contribution in [2.24, 2.45) is 0 Å². The van der Waals surface area contributed by atoms with E-state index in [0.29, 0.717) is 50.2 Å².